The van der Waals surface area contributed by atoms with E-state index in [9.17, 15) is 0 Å². The van der Waals surface area contributed by atoms with Gasteiger partial charge in [-0.15, -0.1) is 0 Å². The number of nitrogens with zero attached hydrogens (tertiary/aromatic N) is 1. The lowest BCUT2D eigenvalue weighted by Crippen LogP contribution is -2.36. The van der Waals surface area contributed by atoms with E-state index in [0.29, 0.717) is 0 Å². The summed E-state index contributed by atoms with van der Waals surface area (Å²) in [7, 11) is 4.51. The summed E-state index contributed by atoms with van der Waals surface area (Å²) in [5, 5.41) is 0. The predicted octanol–water partition coefficient (Wildman–Crippen LogP) is 4.13. The van der Waals surface area contributed by atoms with E-state index in [0.717, 1.165) is 12.0 Å². The smallest absolute Gasteiger partial charge is 0.0121 e. The lowest BCUT2D eigenvalue weighted by Gasteiger charge is -2.35. The first-order valence-corrected chi connectivity index (χ1v) is 7.47. The van der Waals surface area contributed by atoms with Gasteiger partial charge in [-0.2, -0.15) is 0 Å². The summed E-state index contributed by atoms with van der Waals surface area (Å²) < 4.78 is 0. The molecule has 1 aliphatic carbocycles. The van der Waals surface area contributed by atoms with Crippen LogP contribution < -0.4 is 0 Å². The molecule has 0 bridgehead atoms. The number of aryl methyl sites for hydroxylation is 1. The highest BCUT2D eigenvalue weighted by molar-refractivity contribution is 5.14. The van der Waals surface area contributed by atoms with Gasteiger partial charge in [0.05, 0.1) is 0 Å². The fraction of sp³-hybridized carbons (Fsp3) is 0.647. The molecule has 1 nitrogen and oxygen atoms in total. The van der Waals surface area contributed by atoms with Crippen molar-refractivity contribution in [1.29, 1.82) is 0 Å². The highest BCUT2D eigenvalue weighted by Gasteiger charge is 2.24. The average molecular weight is 245 g/mol. The molecule has 1 saturated carbocycles. The summed E-state index contributed by atoms with van der Waals surface area (Å²) in [6.07, 6.45) is 9.76. The number of hydrogen-bond acceptors (Lipinski definition) is 1. The van der Waals surface area contributed by atoms with Gasteiger partial charge in [0.2, 0.25) is 0 Å². The zero-order valence-electron chi connectivity index (χ0n) is 11.9. The van der Waals surface area contributed by atoms with Gasteiger partial charge >= 0.3 is 0 Å². The van der Waals surface area contributed by atoms with Crippen molar-refractivity contribution >= 4 is 0 Å². The minimum Gasteiger partial charge on any atom is -0.306 e. The second-order valence-corrected chi connectivity index (χ2v) is 5.95. The Balaban J connectivity index is 1.90. The lowest BCUT2D eigenvalue weighted by atomic mass is 9.81. The molecule has 0 aromatic heterocycles. The van der Waals surface area contributed by atoms with Crippen LogP contribution in [-0.4, -0.2) is 25.0 Å². The Kier molecular flexibility index (Phi) is 5.25. The molecule has 1 fully saturated rings. The molecule has 0 heterocycles. The normalized spacial score (nSPS) is 19.1. The van der Waals surface area contributed by atoms with Gasteiger partial charge in [0, 0.05) is 6.04 Å². The fourth-order valence-electron chi connectivity index (χ4n) is 3.39. The predicted molar refractivity (Wildman–Crippen MR) is 78.8 cm³/mol. The summed E-state index contributed by atoms with van der Waals surface area (Å²) in [5.41, 5.74) is 1.49. The van der Waals surface area contributed by atoms with Crippen LogP contribution in [0.25, 0.3) is 0 Å². The second-order valence-electron chi connectivity index (χ2n) is 5.95. The second kappa shape index (κ2) is 6.94. The van der Waals surface area contributed by atoms with Crippen LogP contribution in [-0.2, 0) is 6.42 Å². The molecular weight excluding hydrogens is 218 g/mol. The largest absolute Gasteiger partial charge is 0.306 e. The van der Waals surface area contributed by atoms with Crippen LogP contribution in [0, 0.1) is 5.92 Å². The molecule has 0 spiro atoms. The molecule has 0 N–H and O–H groups in total. The van der Waals surface area contributed by atoms with Gasteiger partial charge in [0.15, 0.2) is 0 Å². The van der Waals surface area contributed by atoms with Crippen LogP contribution in [0.2, 0.25) is 0 Å². The van der Waals surface area contributed by atoms with Gasteiger partial charge in [-0.1, -0.05) is 49.6 Å². The molecule has 1 aromatic carbocycles. The van der Waals surface area contributed by atoms with E-state index in [1.54, 1.807) is 0 Å². The molecule has 2 rings (SSSR count). The SMILES string of the molecule is CN(C)C(CCc1ccccc1)C1CCCCC1. The zero-order valence-corrected chi connectivity index (χ0v) is 11.9. The Morgan fingerprint density at radius 2 is 1.72 bits per heavy atom. The van der Waals surface area contributed by atoms with Gasteiger partial charge in [-0.05, 0) is 51.3 Å². The molecule has 18 heavy (non-hydrogen) atoms. The van der Waals surface area contributed by atoms with Crippen molar-refractivity contribution in [2.24, 2.45) is 5.92 Å². The Morgan fingerprint density at radius 1 is 1.06 bits per heavy atom. The van der Waals surface area contributed by atoms with Crippen molar-refractivity contribution in [3.05, 3.63) is 35.9 Å². The van der Waals surface area contributed by atoms with Crippen molar-refractivity contribution in [1.82, 2.24) is 4.90 Å². The van der Waals surface area contributed by atoms with Crippen LogP contribution in [0.1, 0.15) is 44.1 Å². The van der Waals surface area contributed by atoms with E-state index in [1.807, 2.05) is 0 Å². The Morgan fingerprint density at radius 3 is 2.33 bits per heavy atom. The zero-order chi connectivity index (χ0) is 12.8. The van der Waals surface area contributed by atoms with E-state index >= 15 is 0 Å². The van der Waals surface area contributed by atoms with Gasteiger partial charge in [-0.3, -0.25) is 0 Å². The maximum atomic E-state index is 2.46. The van der Waals surface area contributed by atoms with E-state index in [1.165, 1.54) is 50.5 Å². The van der Waals surface area contributed by atoms with E-state index < -0.39 is 0 Å². The lowest BCUT2D eigenvalue weighted by molar-refractivity contribution is 0.161. The van der Waals surface area contributed by atoms with Gasteiger partial charge in [0.1, 0.15) is 0 Å². The molecule has 1 atom stereocenters. The summed E-state index contributed by atoms with van der Waals surface area (Å²) >= 11 is 0. The first kappa shape index (κ1) is 13.6. The summed E-state index contributed by atoms with van der Waals surface area (Å²) in [6.45, 7) is 0. The number of benzene rings is 1. The van der Waals surface area contributed by atoms with Crippen molar-refractivity contribution in [3.8, 4) is 0 Å². The first-order chi connectivity index (χ1) is 8.77. The van der Waals surface area contributed by atoms with E-state index in [4.69, 9.17) is 0 Å². The Bertz CT molecular complexity index is 325. The van der Waals surface area contributed by atoms with Gasteiger partial charge in [0.25, 0.3) is 0 Å². The quantitative estimate of drug-likeness (QED) is 0.754. The maximum absolute atomic E-state index is 2.46. The maximum Gasteiger partial charge on any atom is 0.0121 e. The summed E-state index contributed by atoms with van der Waals surface area (Å²) in [5.74, 6) is 0.928. The third-order valence-corrected chi connectivity index (χ3v) is 4.43. The molecule has 0 radical (unpaired) electrons. The van der Waals surface area contributed by atoms with Crippen LogP contribution in [0.3, 0.4) is 0 Å². The molecule has 1 aliphatic rings. The van der Waals surface area contributed by atoms with Gasteiger partial charge in [-0.25, -0.2) is 0 Å². The van der Waals surface area contributed by atoms with Crippen molar-refractivity contribution in [2.75, 3.05) is 14.1 Å². The van der Waals surface area contributed by atoms with Crippen LogP contribution in [0.4, 0.5) is 0 Å². The molecule has 1 aromatic rings. The van der Waals surface area contributed by atoms with Crippen LogP contribution in [0.15, 0.2) is 30.3 Å². The Hall–Kier alpha value is -0.820. The van der Waals surface area contributed by atoms with Crippen molar-refractivity contribution in [2.45, 2.75) is 51.0 Å². The van der Waals surface area contributed by atoms with Crippen LogP contribution >= 0.6 is 0 Å². The highest BCUT2D eigenvalue weighted by Crippen LogP contribution is 2.30. The average Bonchev–Trinajstić information content (AvgIpc) is 2.41. The molecule has 0 saturated heterocycles. The monoisotopic (exact) mass is 245 g/mol. The number of hydrogen-bond donors (Lipinski definition) is 0. The molecule has 1 unspecified atom stereocenters. The fourth-order valence-corrected chi connectivity index (χ4v) is 3.39. The highest BCUT2D eigenvalue weighted by atomic mass is 15.1. The van der Waals surface area contributed by atoms with Crippen LogP contribution in [0.5, 0.6) is 0 Å². The standard InChI is InChI=1S/C17H27N/c1-18(2)17(16-11-7-4-8-12-16)14-13-15-9-5-3-6-10-15/h3,5-6,9-10,16-17H,4,7-8,11-14H2,1-2H3. The first-order valence-electron chi connectivity index (χ1n) is 7.47. The topological polar surface area (TPSA) is 3.24 Å². The minimum atomic E-state index is 0.769. The molecular formula is C17H27N. The van der Waals surface area contributed by atoms with Crippen molar-refractivity contribution in [3.63, 3.8) is 0 Å². The van der Waals surface area contributed by atoms with Gasteiger partial charge < -0.3 is 4.90 Å². The number of rotatable bonds is 5. The van der Waals surface area contributed by atoms with E-state index in [-0.39, 0.29) is 0 Å². The molecule has 100 valence electrons. The third kappa shape index (κ3) is 3.84. The van der Waals surface area contributed by atoms with Crippen molar-refractivity contribution < 1.29 is 0 Å². The Labute approximate surface area is 112 Å². The van der Waals surface area contributed by atoms with E-state index in [2.05, 4.69) is 49.3 Å². The third-order valence-electron chi connectivity index (χ3n) is 4.43. The minimum absolute atomic E-state index is 0.769. The molecule has 1 heteroatoms. The molecule has 0 amide bonds. The summed E-state index contributed by atoms with van der Waals surface area (Å²) in [4.78, 5) is 2.46. The molecule has 0 aliphatic heterocycles. The summed E-state index contributed by atoms with van der Waals surface area (Å²) in [6, 6.07) is 11.7.